The fourth-order valence-corrected chi connectivity index (χ4v) is 3.70. The summed E-state index contributed by atoms with van der Waals surface area (Å²) in [6.45, 7) is 6.43. The summed E-state index contributed by atoms with van der Waals surface area (Å²) in [5.74, 6) is -1.93. The normalized spacial score (nSPS) is 18.6. The van der Waals surface area contributed by atoms with Crippen molar-refractivity contribution < 1.29 is 8.78 Å². The highest BCUT2D eigenvalue weighted by atomic mass is 19.3. The van der Waals surface area contributed by atoms with Crippen LogP contribution in [-0.2, 0) is 0 Å². The highest BCUT2D eigenvalue weighted by Gasteiger charge is 2.35. The van der Waals surface area contributed by atoms with Gasteiger partial charge in [0.2, 0.25) is 5.95 Å². The Kier molecular flexibility index (Phi) is 3.87. The van der Waals surface area contributed by atoms with Crippen LogP contribution in [0.25, 0.3) is 16.6 Å². The van der Waals surface area contributed by atoms with Gasteiger partial charge in [0, 0.05) is 43.6 Å². The molecule has 1 fully saturated rings. The second-order valence-corrected chi connectivity index (χ2v) is 7.37. The van der Waals surface area contributed by atoms with E-state index >= 15 is 0 Å². The van der Waals surface area contributed by atoms with Gasteiger partial charge >= 0.3 is 0 Å². The average molecular weight is 359 g/mol. The van der Waals surface area contributed by atoms with E-state index in [2.05, 4.69) is 11.1 Å². The number of halogens is 2. The lowest BCUT2D eigenvalue weighted by Gasteiger charge is -2.33. The largest absolute Gasteiger partial charge is 0.341 e. The van der Waals surface area contributed by atoms with Gasteiger partial charge in [-0.05, 0) is 38.0 Å². The van der Waals surface area contributed by atoms with Gasteiger partial charge in [-0.3, -0.25) is 4.40 Å². The quantitative estimate of drug-likeness (QED) is 0.757. The minimum atomic E-state index is -2.59. The monoisotopic (exact) mass is 359 g/mol. The maximum atomic E-state index is 13.6. The van der Waals surface area contributed by atoms with Crippen molar-refractivity contribution >= 4 is 22.5 Å². The molecule has 7 heteroatoms. The van der Waals surface area contributed by atoms with E-state index < -0.39 is 5.92 Å². The average Bonchev–Trinajstić information content (AvgIpc) is 2.95. The molecule has 2 N–H and O–H groups in total. The lowest BCUT2D eigenvalue weighted by atomic mass is 10.0. The van der Waals surface area contributed by atoms with E-state index in [1.165, 1.54) is 0 Å². The van der Waals surface area contributed by atoms with Crippen LogP contribution in [0.1, 0.15) is 42.6 Å². The number of aromatic nitrogens is 3. The zero-order chi connectivity index (χ0) is 18.6. The summed E-state index contributed by atoms with van der Waals surface area (Å²) in [5.41, 5.74) is 10.7. The molecular weight excluding hydrogens is 336 g/mol. The third-order valence-electron chi connectivity index (χ3n) is 5.05. The first kappa shape index (κ1) is 17.1. The van der Waals surface area contributed by atoms with Gasteiger partial charge in [-0.2, -0.15) is 0 Å². The standard InChI is InChI=1S/C19H23F2N5/c1-11-8-14(13(3)22)16-15(9-11)17-23-12(2)10-26(17)18(24-16)25-6-4-19(20,21)5-7-25/h8-10,13H,4-7,22H2,1-3H3/t13-/m1/s1. The van der Waals surface area contributed by atoms with Crippen molar-refractivity contribution in [2.45, 2.75) is 45.6 Å². The van der Waals surface area contributed by atoms with Gasteiger partial charge < -0.3 is 10.6 Å². The molecule has 0 amide bonds. The first-order chi connectivity index (χ1) is 12.2. The lowest BCUT2D eigenvalue weighted by molar-refractivity contribution is -0.0222. The predicted molar refractivity (Wildman–Crippen MR) is 99.0 cm³/mol. The Morgan fingerprint density at radius 3 is 2.50 bits per heavy atom. The van der Waals surface area contributed by atoms with Crippen molar-refractivity contribution in [1.29, 1.82) is 0 Å². The highest BCUT2D eigenvalue weighted by molar-refractivity contribution is 5.95. The second-order valence-electron chi connectivity index (χ2n) is 7.37. The SMILES string of the molecule is Cc1cc([C@@H](C)N)c2nc(N3CCC(F)(F)CC3)n3cc(C)nc3c2c1. The molecule has 0 aliphatic carbocycles. The molecule has 1 aliphatic heterocycles. The molecule has 1 atom stereocenters. The third kappa shape index (κ3) is 2.80. The van der Waals surface area contributed by atoms with E-state index in [0.717, 1.165) is 33.4 Å². The molecule has 26 heavy (non-hydrogen) atoms. The van der Waals surface area contributed by atoms with Crippen LogP contribution in [0.2, 0.25) is 0 Å². The molecule has 0 bridgehead atoms. The Balaban J connectivity index is 1.97. The fourth-order valence-electron chi connectivity index (χ4n) is 3.70. The zero-order valence-corrected chi connectivity index (χ0v) is 15.3. The van der Waals surface area contributed by atoms with E-state index in [9.17, 15) is 8.78 Å². The van der Waals surface area contributed by atoms with Gasteiger partial charge in [0.25, 0.3) is 5.92 Å². The number of hydrogen-bond acceptors (Lipinski definition) is 4. The number of anilines is 1. The Labute approximate surface area is 150 Å². The third-order valence-corrected chi connectivity index (χ3v) is 5.05. The number of alkyl halides is 2. The summed E-state index contributed by atoms with van der Waals surface area (Å²) in [6, 6.07) is 3.92. The van der Waals surface area contributed by atoms with E-state index in [1.807, 2.05) is 42.3 Å². The van der Waals surface area contributed by atoms with Crippen LogP contribution in [0.15, 0.2) is 18.3 Å². The summed E-state index contributed by atoms with van der Waals surface area (Å²) < 4.78 is 29.1. The number of nitrogens with zero attached hydrogens (tertiary/aromatic N) is 4. The van der Waals surface area contributed by atoms with Crippen LogP contribution in [0.3, 0.4) is 0 Å². The van der Waals surface area contributed by atoms with E-state index in [4.69, 9.17) is 10.7 Å². The molecule has 1 aliphatic rings. The van der Waals surface area contributed by atoms with Crippen LogP contribution in [0.5, 0.6) is 0 Å². The first-order valence-corrected chi connectivity index (χ1v) is 8.93. The minimum absolute atomic E-state index is 0.157. The summed E-state index contributed by atoms with van der Waals surface area (Å²) in [6.07, 6.45) is 1.60. The smallest absolute Gasteiger partial charge is 0.251 e. The lowest BCUT2D eigenvalue weighted by Crippen LogP contribution is -2.40. The number of piperidine rings is 1. The van der Waals surface area contributed by atoms with Crippen LogP contribution < -0.4 is 10.6 Å². The van der Waals surface area contributed by atoms with E-state index in [1.54, 1.807) is 0 Å². The maximum Gasteiger partial charge on any atom is 0.251 e. The maximum absolute atomic E-state index is 13.6. The number of hydrogen-bond donors (Lipinski definition) is 1. The van der Waals surface area contributed by atoms with Crippen molar-refractivity contribution in [2.24, 2.45) is 5.73 Å². The molecule has 2 aromatic heterocycles. The van der Waals surface area contributed by atoms with E-state index in [0.29, 0.717) is 5.95 Å². The van der Waals surface area contributed by atoms with Crippen LogP contribution in [0, 0.1) is 13.8 Å². The Bertz CT molecular complexity index is 983. The molecule has 0 saturated carbocycles. The number of fused-ring (bicyclic) bond motifs is 3. The van der Waals surface area contributed by atoms with Crippen molar-refractivity contribution in [2.75, 3.05) is 18.0 Å². The van der Waals surface area contributed by atoms with Crippen molar-refractivity contribution in [3.63, 3.8) is 0 Å². The second kappa shape index (κ2) is 5.87. The molecule has 1 saturated heterocycles. The molecule has 3 heterocycles. The van der Waals surface area contributed by atoms with Crippen LogP contribution >= 0.6 is 0 Å². The summed E-state index contributed by atoms with van der Waals surface area (Å²) in [7, 11) is 0. The Hall–Kier alpha value is -2.28. The van der Waals surface area contributed by atoms with Crippen molar-refractivity contribution in [1.82, 2.24) is 14.4 Å². The van der Waals surface area contributed by atoms with Gasteiger partial charge in [0.15, 0.2) is 0 Å². The first-order valence-electron chi connectivity index (χ1n) is 8.93. The Morgan fingerprint density at radius 2 is 1.85 bits per heavy atom. The van der Waals surface area contributed by atoms with E-state index in [-0.39, 0.29) is 32.0 Å². The molecule has 138 valence electrons. The fraction of sp³-hybridized carbons (Fsp3) is 0.474. The summed E-state index contributed by atoms with van der Waals surface area (Å²) in [4.78, 5) is 11.5. The molecular formula is C19H23F2N5. The molecule has 5 nitrogen and oxygen atoms in total. The minimum Gasteiger partial charge on any atom is -0.341 e. The highest BCUT2D eigenvalue weighted by Crippen LogP contribution is 2.33. The molecule has 1 aromatic carbocycles. The predicted octanol–water partition coefficient (Wildman–Crippen LogP) is 3.75. The van der Waals surface area contributed by atoms with Crippen LogP contribution in [-0.4, -0.2) is 33.4 Å². The zero-order valence-electron chi connectivity index (χ0n) is 15.3. The molecule has 0 radical (unpaired) electrons. The van der Waals surface area contributed by atoms with Gasteiger partial charge in [-0.15, -0.1) is 0 Å². The summed E-state index contributed by atoms with van der Waals surface area (Å²) in [5, 5.41) is 0.941. The van der Waals surface area contributed by atoms with Gasteiger partial charge in [-0.25, -0.2) is 18.7 Å². The van der Waals surface area contributed by atoms with Crippen molar-refractivity contribution in [3.05, 3.63) is 35.2 Å². The molecule has 0 unspecified atom stereocenters. The number of benzene rings is 1. The molecule has 3 aromatic rings. The number of nitrogens with two attached hydrogens (primary N) is 1. The van der Waals surface area contributed by atoms with Gasteiger partial charge in [0.1, 0.15) is 5.65 Å². The molecule has 4 rings (SSSR count). The number of rotatable bonds is 2. The van der Waals surface area contributed by atoms with Crippen LogP contribution in [0.4, 0.5) is 14.7 Å². The number of imidazole rings is 1. The number of aryl methyl sites for hydroxylation is 2. The topological polar surface area (TPSA) is 59.5 Å². The Morgan fingerprint density at radius 1 is 1.15 bits per heavy atom. The molecule has 0 spiro atoms. The van der Waals surface area contributed by atoms with Crippen molar-refractivity contribution in [3.8, 4) is 0 Å². The van der Waals surface area contributed by atoms with Gasteiger partial charge in [0.05, 0.1) is 11.2 Å². The van der Waals surface area contributed by atoms with Gasteiger partial charge in [-0.1, -0.05) is 6.07 Å². The summed E-state index contributed by atoms with van der Waals surface area (Å²) >= 11 is 0.